The van der Waals surface area contributed by atoms with Crippen molar-refractivity contribution >= 4 is 11.7 Å². The molecule has 1 aliphatic rings. The Morgan fingerprint density at radius 3 is 2.53 bits per heavy atom. The molecule has 0 atom stereocenters. The highest BCUT2D eigenvalue weighted by Gasteiger charge is 2.21. The summed E-state index contributed by atoms with van der Waals surface area (Å²) >= 11 is 0. The highest BCUT2D eigenvalue weighted by Crippen LogP contribution is 2.23. The predicted octanol–water partition coefficient (Wildman–Crippen LogP) is 2.10. The van der Waals surface area contributed by atoms with Crippen LogP contribution in [-0.4, -0.2) is 34.4 Å². The van der Waals surface area contributed by atoms with Crippen LogP contribution in [0.2, 0.25) is 0 Å². The van der Waals surface area contributed by atoms with Gasteiger partial charge in [-0.25, -0.2) is 4.79 Å². The van der Waals surface area contributed by atoms with Crippen LogP contribution in [0.15, 0.2) is 5.10 Å². The molecule has 0 spiro atoms. The molecule has 0 unspecified atom stereocenters. The summed E-state index contributed by atoms with van der Waals surface area (Å²) in [7, 11) is 0. The van der Waals surface area contributed by atoms with Crippen molar-refractivity contribution < 1.29 is 9.90 Å². The van der Waals surface area contributed by atoms with Crippen LogP contribution in [-0.2, 0) is 4.79 Å². The Balaban J connectivity index is 2.64. The third-order valence-corrected chi connectivity index (χ3v) is 2.79. The molecule has 0 aromatic heterocycles. The molecule has 1 N–H and O–H groups in total. The van der Waals surface area contributed by atoms with Crippen LogP contribution in [0.1, 0.15) is 46.0 Å². The van der Waals surface area contributed by atoms with E-state index in [2.05, 4.69) is 12.0 Å². The van der Waals surface area contributed by atoms with Crippen molar-refractivity contribution in [2.24, 2.45) is 5.10 Å². The minimum atomic E-state index is -0.922. The SMILES string of the molecule is CCCN(N=C(C)C(=O)O)C1CCCC1. The largest absolute Gasteiger partial charge is 0.477 e. The van der Waals surface area contributed by atoms with E-state index in [9.17, 15) is 4.79 Å². The normalized spacial score (nSPS) is 18.1. The topological polar surface area (TPSA) is 52.9 Å². The van der Waals surface area contributed by atoms with Crippen LogP contribution in [0, 0.1) is 0 Å². The standard InChI is InChI=1S/C11H20N2O2/c1-3-8-13(10-6-4-5-7-10)12-9(2)11(14)15/h10H,3-8H2,1-2H3,(H,14,15). The average Bonchev–Trinajstić information content (AvgIpc) is 2.69. The van der Waals surface area contributed by atoms with Crippen LogP contribution < -0.4 is 0 Å². The molecule has 0 bridgehead atoms. The summed E-state index contributed by atoms with van der Waals surface area (Å²) < 4.78 is 0. The second kappa shape index (κ2) is 5.73. The molecule has 86 valence electrons. The highest BCUT2D eigenvalue weighted by molar-refractivity contribution is 6.34. The molecule has 0 aliphatic heterocycles. The Hall–Kier alpha value is -1.06. The molecule has 0 heterocycles. The van der Waals surface area contributed by atoms with Crippen molar-refractivity contribution in [1.82, 2.24) is 5.01 Å². The van der Waals surface area contributed by atoms with E-state index >= 15 is 0 Å². The molecular weight excluding hydrogens is 192 g/mol. The van der Waals surface area contributed by atoms with Gasteiger partial charge in [0.05, 0.1) is 0 Å². The molecule has 1 rings (SSSR count). The van der Waals surface area contributed by atoms with Crippen LogP contribution in [0.5, 0.6) is 0 Å². The summed E-state index contributed by atoms with van der Waals surface area (Å²) in [6, 6.07) is 0.458. The molecule has 0 saturated heterocycles. The monoisotopic (exact) mass is 212 g/mol. The van der Waals surface area contributed by atoms with Crippen molar-refractivity contribution in [3.8, 4) is 0 Å². The van der Waals surface area contributed by atoms with Crippen LogP contribution >= 0.6 is 0 Å². The van der Waals surface area contributed by atoms with Gasteiger partial charge in [-0.05, 0) is 26.2 Å². The van der Waals surface area contributed by atoms with Gasteiger partial charge in [-0.3, -0.25) is 5.01 Å². The van der Waals surface area contributed by atoms with Crippen molar-refractivity contribution in [1.29, 1.82) is 0 Å². The van der Waals surface area contributed by atoms with Crippen molar-refractivity contribution in [2.75, 3.05) is 6.54 Å². The zero-order valence-corrected chi connectivity index (χ0v) is 9.57. The number of rotatable bonds is 5. The molecular formula is C11H20N2O2. The number of carboxylic acid groups (broad SMARTS) is 1. The zero-order chi connectivity index (χ0) is 11.3. The zero-order valence-electron chi connectivity index (χ0n) is 9.57. The van der Waals surface area contributed by atoms with Gasteiger partial charge in [0.25, 0.3) is 0 Å². The maximum atomic E-state index is 10.7. The first-order chi connectivity index (χ1) is 7.15. The van der Waals surface area contributed by atoms with Gasteiger partial charge in [-0.15, -0.1) is 0 Å². The third-order valence-electron chi connectivity index (χ3n) is 2.79. The summed E-state index contributed by atoms with van der Waals surface area (Å²) in [5.41, 5.74) is 0.190. The van der Waals surface area contributed by atoms with Crippen LogP contribution in [0.3, 0.4) is 0 Å². The number of carboxylic acids is 1. The molecule has 1 saturated carbocycles. The van der Waals surface area contributed by atoms with E-state index in [0.29, 0.717) is 6.04 Å². The average molecular weight is 212 g/mol. The highest BCUT2D eigenvalue weighted by atomic mass is 16.4. The van der Waals surface area contributed by atoms with Crippen LogP contribution in [0.25, 0.3) is 0 Å². The van der Waals surface area contributed by atoms with Gasteiger partial charge in [0.1, 0.15) is 5.71 Å². The number of hydrogen-bond acceptors (Lipinski definition) is 3. The van der Waals surface area contributed by atoms with E-state index < -0.39 is 5.97 Å². The molecule has 4 heteroatoms. The Morgan fingerprint density at radius 2 is 2.07 bits per heavy atom. The Kier molecular flexibility index (Phi) is 4.59. The number of hydrogen-bond donors (Lipinski definition) is 1. The van der Waals surface area contributed by atoms with E-state index in [1.807, 2.05) is 5.01 Å². The fourth-order valence-corrected chi connectivity index (χ4v) is 1.98. The van der Waals surface area contributed by atoms with Crippen LogP contribution in [0.4, 0.5) is 0 Å². The Labute approximate surface area is 91.0 Å². The minimum absolute atomic E-state index is 0.190. The van der Waals surface area contributed by atoms with Gasteiger partial charge in [-0.1, -0.05) is 19.8 Å². The second-order valence-electron chi connectivity index (χ2n) is 4.09. The number of carbonyl (C=O) groups is 1. The molecule has 1 aliphatic carbocycles. The maximum absolute atomic E-state index is 10.7. The first kappa shape index (κ1) is 12.0. The molecule has 4 nitrogen and oxygen atoms in total. The van der Waals surface area contributed by atoms with E-state index in [1.54, 1.807) is 6.92 Å². The van der Waals surface area contributed by atoms with Gasteiger partial charge < -0.3 is 5.11 Å². The number of hydrazone groups is 1. The van der Waals surface area contributed by atoms with Gasteiger partial charge in [0.2, 0.25) is 0 Å². The van der Waals surface area contributed by atoms with Gasteiger partial charge >= 0.3 is 5.97 Å². The lowest BCUT2D eigenvalue weighted by molar-refractivity contribution is -0.129. The first-order valence-electron chi connectivity index (χ1n) is 5.70. The summed E-state index contributed by atoms with van der Waals surface area (Å²) in [6.45, 7) is 4.50. The fourth-order valence-electron chi connectivity index (χ4n) is 1.98. The first-order valence-corrected chi connectivity index (χ1v) is 5.70. The summed E-state index contributed by atoms with van der Waals surface area (Å²) in [5.74, 6) is -0.922. The summed E-state index contributed by atoms with van der Waals surface area (Å²) in [5, 5.41) is 15.0. The van der Waals surface area contributed by atoms with Gasteiger partial charge in [0.15, 0.2) is 0 Å². The maximum Gasteiger partial charge on any atom is 0.351 e. The number of aliphatic carboxylic acids is 1. The number of nitrogens with zero attached hydrogens (tertiary/aromatic N) is 2. The smallest absolute Gasteiger partial charge is 0.351 e. The fraction of sp³-hybridized carbons (Fsp3) is 0.818. The molecule has 0 aromatic carbocycles. The quantitative estimate of drug-likeness (QED) is 0.561. The van der Waals surface area contributed by atoms with E-state index in [0.717, 1.165) is 25.8 Å². The second-order valence-corrected chi connectivity index (χ2v) is 4.09. The minimum Gasteiger partial charge on any atom is -0.477 e. The van der Waals surface area contributed by atoms with Crippen molar-refractivity contribution in [2.45, 2.75) is 52.0 Å². The lowest BCUT2D eigenvalue weighted by atomic mass is 10.2. The summed E-state index contributed by atoms with van der Waals surface area (Å²) in [6.07, 6.45) is 5.79. The van der Waals surface area contributed by atoms with Gasteiger partial charge in [0, 0.05) is 12.6 Å². The summed E-state index contributed by atoms with van der Waals surface area (Å²) in [4.78, 5) is 10.7. The molecule has 0 amide bonds. The molecule has 1 fully saturated rings. The third kappa shape index (κ3) is 3.53. The lowest BCUT2D eigenvalue weighted by Crippen LogP contribution is -2.31. The Morgan fingerprint density at radius 1 is 1.47 bits per heavy atom. The molecule has 15 heavy (non-hydrogen) atoms. The van der Waals surface area contributed by atoms with E-state index in [1.165, 1.54) is 12.8 Å². The Bertz CT molecular complexity index is 245. The lowest BCUT2D eigenvalue weighted by Gasteiger charge is -2.25. The predicted molar refractivity (Wildman–Crippen MR) is 60.0 cm³/mol. The van der Waals surface area contributed by atoms with Gasteiger partial charge in [-0.2, -0.15) is 5.10 Å². The van der Waals surface area contributed by atoms with Crippen molar-refractivity contribution in [3.63, 3.8) is 0 Å². The van der Waals surface area contributed by atoms with E-state index in [4.69, 9.17) is 5.11 Å². The molecule has 0 radical (unpaired) electrons. The molecule has 0 aromatic rings. The van der Waals surface area contributed by atoms with E-state index in [-0.39, 0.29) is 5.71 Å². The van der Waals surface area contributed by atoms with Crippen molar-refractivity contribution in [3.05, 3.63) is 0 Å².